The number of carbonyl (C=O) groups excluding carboxylic acids is 1. The molecule has 7 nitrogen and oxygen atoms in total. The number of thiophene rings is 1. The number of nitrogens with one attached hydrogen (secondary N) is 1. The van der Waals surface area contributed by atoms with E-state index in [1.807, 2.05) is 18.2 Å². The number of aromatic nitrogens is 4. The van der Waals surface area contributed by atoms with E-state index < -0.39 is 5.97 Å². The SMILES string of the molecule is CCOC(=O)c1sc2nc(CCSc3nc4ccccc4n3CC)[nH]c(=O)c2c1C. The predicted molar refractivity (Wildman–Crippen MR) is 121 cm³/mol. The number of esters is 1. The van der Waals surface area contributed by atoms with Crippen LogP contribution < -0.4 is 5.56 Å². The number of hydrogen-bond donors (Lipinski definition) is 1. The molecule has 0 saturated carbocycles. The number of thioether (sulfide) groups is 1. The van der Waals surface area contributed by atoms with Crippen molar-refractivity contribution in [2.45, 2.75) is 38.9 Å². The molecule has 1 aromatic carbocycles. The van der Waals surface area contributed by atoms with E-state index in [4.69, 9.17) is 9.72 Å². The zero-order valence-electron chi connectivity index (χ0n) is 17.0. The molecule has 0 aliphatic carbocycles. The van der Waals surface area contributed by atoms with Gasteiger partial charge in [0.2, 0.25) is 0 Å². The fourth-order valence-electron chi connectivity index (χ4n) is 3.41. The van der Waals surface area contributed by atoms with Crippen LogP contribution in [0.1, 0.15) is 34.9 Å². The minimum Gasteiger partial charge on any atom is -0.462 e. The minimum absolute atomic E-state index is 0.218. The number of H-pyrrole nitrogens is 1. The monoisotopic (exact) mass is 442 g/mol. The molecule has 3 heterocycles. The van der Waals surface area contributed by atoms with Gasteiger partial charge in [-0.2, -0.15) is 0 Å². The Morgan fingerprint density at radius 2 is 2.07 bits per heavy atom. The lowest BCUT2D eigenvalue weighted by Gasteiger charge is -2.05. The molecule has 9 heteroatoms. The smallest absolute Gasteiger partial charge is 0.348 e. The van der Waals surface area contributed by atoms with Crippen LogP contribution in [0.2, 0.25) is 0 Å². The van der Waals surface area contributed by atoms with Gasteiger partial charge in [0.1, 0.15) is 15.5 Å². The van der Waals surface area contributed by atoms with Gasteiger partial charge in [0.25, 0.3) is 5.56 Å². The maximum atomic E-state index is 12.6. The standard InChI is InChI=1S/C21H22N4O3S2/c1-4-25-14-9-7-6-8-13(14)22-21(25)29-11-10-15-23-18(26)16-12(3)17(20(27)28-5-2)30-19(16)24-15/h6-9H,4-5,10-11H2,1-3H3,(H,23,24,26). The number of carbonyl (C=O) groups is 1. The summed E-state index contributed by atoms with van der Waals surface area (Å²) >= 11 is 2.85. The summed E-state index contributed by atoms with van der Waals surface area (Å²) in [6.07, 6.45) is 0.592. The third kappa shape index (κ3) is 3.75. The van der Waals surface area contributed by atoms with Crippen molar-refractivity contribution in [2.24, 2.45) is 0 Å². The van der Waals surface area contributed by atoms with E-state index in [1.54, 1.807) is 25.6 Å². The first-order valence-electron chi connectivity index (χ1n) is 9.81. The van der Waals surface area contributed by atoms with Crippen molar-refractivity contribution in [3.63, 3.8) is 0 Å². The Kier molecular flexibility index (Phi) is 5.92. The first kappa shape index (κ1) is 20.6. The van der Waals surface area contributed by atoms with Crippen molar-refractivity contribution >= 4 is 50.3 Å². The average molecular weight is 443 g/mol. The largest absolute Gasteiger partial charge is 0.462 e. The quantitative estimate of drug-likeness (QED) is 0.341. The highest BCUT2D eigenvalue weighted by Crippen LogP contribution is 2.28. The Morgan fingerprint density at radius 1 is 1.27 bits per heavy atom. The summed E-state index contributed by atoms with van der Waals surface area (Å²) in [5.41, 5.74) is 2.51. The topological polar surface area (TPSA) is 89.9 Å². The van der Waals surface area contributed by atoms with Crippen molar-refractivity contribution in [3.8, 4) is 0 Å². The fourth-order valence-corrected chi connectivity index (χ4v) is 5.53. The highest BCUT2D eigenvalue weighted by molar-refractivity contribution is 7.99. The third-order valence-electron chi connectivity index (χ3n) is 4.82. The Bertz CT molecular complexity index is 1290. The van der Waals surface area contributed by atoms with Crippen LogP contribution in [0, 0.1) is 6.92 Å². The number of para-hydroxylation sites is 2. The van der Waals surface area contributed by atoms with E-state index in [0.29, 0.717) is 39.5 Å². The van der Waals surface area contributed by atoms with Gasteiger partial charge in [0.05, 0.1) is 23.0 Å². The van der Waals surface area contributed by atoms with Crippen LogP contribution in [0.3, 0.4) is 0 Å². The number of ether oxygens (including phenoxy) is 1. The first-order valence-corrected chi connectivity index (χ1v) is 11.6. The van der Waals surface area contributed by atoms with Gasteiger partial charge in [-0.1, -0.05) is 23.9 Å². The Labute approximate surface area is 181 Å². The van der Waals surface area contributed by atoms with E-state index in [1.165, 1.54) is 11.3 Å². The van der Waals surface area contributed by atoms with E-state index in [0.717, 1.165) is 28.5 Å². The van der Waals surface area contributed by atoms with Gasteiger partial charge in [0, 0.05) is 18.7 Å². The molecular formula is C21H22N4O3S2. The summed E-state index contributed by atoms with van der Waals surface area (Å²) in [4.78, 5) is 37.9. The van der Waals surface area contributed by atoms with Crippen molar-refractivity contribution in [1.82, 2.24) is 19.5 Å². The molecule has 0 saturated heterocycles. The lowest BCUT2D eigenvalue weighted by atomic mass is 10.2. The normalized spacial score (nSPS) is 11.4. The van der Waals surface area contributed by atoms with Gasteiger partial charge < -0.3 is 14.3 Å². The summed E-state index contributed by atoms with van der Waals surface area (Å²) in [6.45, 7) is 6.75. The van der Waals surface area contributed by atoms with E-state index in [-0.39, 0.29) is 5.56 Å². The molecule has 0 amide bonds. The molecule has 4 aromatic rings. The van der Waals surface area contributed by atoms with E-state index in [2.05, 4.69) is 27.5 Å². The van der Waals surface area contributed by atoms with Crippen molar-refractivity contribution in [3.05, 3.63) is 50.9 Å². The maximum Gasteiger partial charge on any atom is 0.348 e. The number of benzene rings is 1. The van der Waals surface area contributed by atoms with Gasteiger partial charge in [0.15, 0.2) is 5.16 Å². The fraction of sp³-hybridized carbons (Fsp3) is 0.333. The second-order valence-electron chi connectivity index (χ2n) is 6.70. The molecule has 1 N–H and O–H groups in total. The van der Waals surface area contributed by atoms with E-state index >= 15 is 0 Å². The van der Waals surface area contributed by atoms with Crippen molar-refractivity contribution in [2.75, 3.05) is 12.4 Å². The lowest BCUT2D eigenvalue weighted by molar-refractivity contribution is 0.0531. The third-order valence-corrected chi connectivity index (χ3v) is 6.96. The summed E-state index contributed by atoms with van der Waals surface area (Å²) < 4.78 is 7.28. The van der Waals surface area contributed by atoms with Crippen molar-refractivity contribution < 1.29 is 9.53 Å². The highest BCUT2D eigenvalue weighted by atomic mass is 32.2. The molecule has 0 aliphatic heterocycles. The lowest BCUT2D eigenvalue weighted by Crippen LogP contribution is -2.12. The zero-order chi connectivity index (χ0) is 21.3. The Balaban J connectivity index is 1.55. The van der Waals surface area contributed by atoms with Crippen LogP contribution in [0.15, 0.2) is 34.2 Å². The molecule has 156 valence electrons. The van der Waals surface area contributed by atoms with Gasteiger partial charge in [-0.25, -0.2) is 14.8 Å². The zero-order valence-corrected chi connectivity index (χ0v) is 18.7. The Morgan fingerprint density at radius 3 is 2.83 bits per heavy atom. The molecule has 4 rings (SSSR count). The summed E-state index contributed by atoms with van der Waals surface area (Å²) in [5.74, 6) is 0.927. The highest BCUT2D eigenvalue weighted by Gasteiger charge is 2.20. The second-order valence-corrected chi connectivity index (χ2v) is 8.76. The van der Waals surface area contributed by atoms with Crippen LogP contribution in [-0.2, 0) is 17.7 Å². The average Bonchev–Trinajstić information content (AvgIpc) is 3.25. The van der Waals surface area contributed by atoms with Gasteiger partial charge in [-0.3, -0.25) is 4.79 Å². The molecule has 0 atom stereocenters. The molecule has 0 spiro atoms. The number of aryl methyl sites for hydroxylation is 3. The molecule has 3 aromatic heterocycles. The van der Waals surface area contributed by atoms with Gasteiger partial charge in [-0.15, -0.1) is 11.3 Å². The summed E-state index contributed by atoms with van der Waals surface area (Å²) in [6, 6.07) is 8.09. The molecule has 0 bridgehead atoms. The summed E-state index contributed by atoms with van der Waals surface area (Å²) in [5, 5.41) is 1.42. The molecule has 0 fully saturated rings. The maximum absolute atomic E-state index is 12.6. The van der Waals surface area contributed by atoms with Crippen LogP contribution >= 0.6 is 23.1 Å². The van der Waals surface area contributed by atoms with Crippen LogP contribution in [0.5, 0.6) is 0 Å². The molecule has 0 radical (unpaired) electrons. The van der Waals surface area contributed by atoms with Crippen LogP contribution in [-0.4, -0.2) is 37.8 Å². The molecular weight excluding hydrogens is 420 g/mol. The van der Waals surface area contributed by atoms with Crippen molar-refractivity contribution in [1.29, 1.82) is 0 Å². The Hall–Kier alpha value is -2.65. The second kappa shape index (κ2) is 8.61. The number of fused-ring (bicyclic) bond motifs is 2. The number of nitrogens with zero attached hydrogens (tertiary/aromatic N) is 3. The predicted octanol–water partition coefficient (Wildman–Crippen LogP) is 4.17. The number of hydrogen-bond acceptors (Lipinski definition) is 7. The van der Waals surface area contributed by atoms with Gasteiger partial charge >= 0.3 is 5.97 Å². The number of aromatic amines is 1. The summed E-state index contributed by atoms with van der Waals surface area (Å²) in [7, 11) is 0. The first-order chi connectivity index (χ1) is 14.5. The minimum atomic E-state index is -0.409. The van der Waals surface area contributed by atoms with Gasteiger partial charge in [-0.05, 0) is 38.5 Å². The van der Waals surface area contributed by atoms with Crippen LogP contribution in [0.4, 0.5) is 0 Å². The van der Waals surface area contributed by atoms with Crippen LogP contribution in [0.25, 0.3) is 21.3 Å². The number of rotatable bonds is 7. The molecule has 0 unspecified atom stereocenters. The number of imidazole rings is 1. The molecule has 0 aliphatic rings. The molecule has 30 heavy (non-hydrogen) atoms. The van der Waals surface area contributed by atoms with E-state index in [9.17, 15) is 9.59 Å².